The minimum absolute atomic E-state index is 0.182. The molecule has 0 fully saturated rings. The van der Waals surface area contributed by atoms with E-state index in [9.17, 15) is 0 Å². The van der Waals surface area contributed by atoms with Gasteiger partial charge in [0.2, 0.25) is 0 Å². The first-order valence-corrected chi connectivity index (χ1v) is 9.33. The Labute approximate surface area is 147 Å². The van der Waals surface area contributed by atoms with Crippen molar-refractivity contribution in [3.63, 3.8) is 0 Å². The van der Waals surface area contributed by atoms with Gasteiger partial charge in [-0.2, -0.15) is 0 Å². The minimum atomic E-state index is -0.182. The minimum Gasteiger partial charge on any atom is -0.379 e. The predicted octanol–water partition coefficient (Wildman–Crippen LogP) is 3.76. The van der Waals surface area contributed by atoms with Gasteiger partial charge < -0.3 is 5.73 Å². The number of thioether (sulfide) groups is 1. The van der Waals surface area contributed by atoms with E-state index in [-0.39, 0.29) is 11.0 Å². The van der Waals surface area contributed by atoms with E-state index in [0.717, 1.165) is 41.3 Å². The number of benzene rings is 1. The van der Waals surface area contributed by atoms with Gasteiger partial charge in [-0.05, 0) is 47.4 Å². The van der Waals surface area contributed by atoms with Crippen molar-refractivity contribution in [3.8, 4) is 11.1 Å². The molecule has 0 radical (unpaired) electrons. The van der Waals surface area contributed by atoms with Gasteiger partial charge in [-0.25, -0.2) is 9.97 Å². The molecule has 2 N–H and O–H groups in total. The van der Waals surface area contributed by atoms with Crippen molar-refractivity contribution in [1.82, 2.24) is 9.97 Å². The zero-order valence-electron chi connectivity index (χ0n) is 14.1. The Balaban J connectivity index is 1.89. The lowest BCUT2D eigenvalue weighted by atomic mass is 9.64. The number of fused-ring (bicyclic) bond motifs is 2. The van der Waals surface area contributed by atoms with Gasteiger partial charge in [-0.1, -0.05) is 37.7 Å². The molecule has 4 rings (SSSR count). The van der Waals surface area contributed by atoms with Gasteiger partial charge in [0.25, 0.3) is 0 Å². The van der Waals surface area contributed by atoms with Crippen LogP contribution in [0.1, 0.15) is 37.8 Å². The number of aliphatic imine (C=N–C) groups is 1. The molecule has 24 heavy (non-hydrogen) atoms. The number of rotatable bonds is 1. The molecule has 1 aromatic carbocycles. The Morgan fingerprint density at radius 1 is 1.12 bits per heavy atom. The quantitative estimate of drug-likeness (QED) is 0.860. The van der Waals surface area contributed by atoms with Gasteiger partial charge in [0, 0.05) is 23.7 Å². The molecule has 0 bridgehead atoms. The molecule has 1 aromatic heterocycles. The third kappa shape index (κ3) is 2.71. The molecule has 4 nitrogen and oxygen atoms in total. The van der Waals surface area contributed by atoms with Crippen molar-refractivity contribution in [1.29, 1.82) is 0 Å². The maximum atomic E-state index is 6.13. The highest BCUT2D eigenvalue weighted by Crippen LogP contribution is 2.51. The number of nitrogens with two attached hydrogens (primary N) is 1. The molecular formula is C19H22N4S. The fraction of sp³-hybridized carbons (Fsp3) is 0.421. The molecular weight excluding hydrogens is 316 g/mol. The molecule has 2 heterocycles. The Morgan fingerprint density at radius 3 is 2.67 bits per heavy atom. The van der Waals surface area contributed by atoms with E-state index in [4.69, 9.17) is 10.7 Å². The highest BCUT2D eigenvalue weighted by Gasteiger charge is 2.45. The van der Waals surface area contributed by atoms with Crippen LogP contribution < -0.4 is 5.73 Å². The normalized spacial score (nSPS) is 25.2. The zero-order chi connectivity index (χ0) is 16.8. The topological polar surface area (TPSA) is 64.2 Å². The first kappa shape index (κ1) is 15.6. The molecule has 1 atom stereocenters. The Kier molecular flexibility index (Phi) is 3.64. The molecule has 5 heteroatoms. The molecule has 1 aliphatic carbocycles. The van der Waals surface area contributed by atoms with Crippen LogP contribution in [0, 0.1) is 5.41 Å². The van der Waals surface area contributed by atoms with E-state index in [2.05, 4.69) is 42.0 Å². The van der Waals surface area contributed by atoms with Crippen molar-refractivity contribution in [2.75, 3.05) is 5.75 Å². The lowest BCUT2D eigenvalue weighted by molar-refractivity contribution is 0.205. The third-order valence-electron chi connectivity index (χ3n) is 5.03. The van der Waals surface area contributed by atoms with E-state index in [1.807, 2.05) is 12.4 Å². The summed E-state index contributed by atoms with van der Waals surface area (Å²) in [5.41, 5.74) is 11.1. The van der Waals surface area contributed by atoms with Crippen molar-refractivity contribution in [2.45, 2.75) is 38.6 Å². The van der Waals surface area contributed by atoms with E-state index in [1.165, 1.54) is 11.1 Å². The van der Waals surface area contributed by atoms with Gasteiger partial charge in [-0.3, -0.25) is 4.99 Å². The number of aromatic nitrogens is 2. The average Bonchev–Trinajstić information content (AvgIpc) is 2.54. The standard InChI is InChI=1S/C19H22N4S/c1-18(2)8-14-4-3-13(15-9-21-12-22-10-15)7-16(14)19(11-18)5-6-24-17(20)23-19/h3-4,7,9-10,12H,5-6,8,11H2,1-2H3,(H2,20,23). The van der Waals surface area contributed by atoms with Crippen molar-refractivity contribution >= 4 is 16.9 Å². The molecule has 0 saturated carbocycles. The van der Waals surface area contributed by atoms with E-state index in [1.54, 1.807) is 18.1 Å². The third-order valence-corrected chi connectivity index (χ3v) is 5.83. The molecule has 0 saturated heterocycles. The summed E-state index contributed by atoms with van der Waals surface area (Å²) in [7, 11) is 0. The van der Waals surface area contributed by atoms with Crippen molar-refractivity contribution in [2.24, 2.45) is 16.1 Å². The second-order valence-electron chi connectivity index (χ2n) is 7.60. The highest BCUT2D eigenvalue weighted by atomic mass is 32.2. The maximum Gasteiger partial charge on any atom is 0.154 e. The van der Waals surface area contributed by atoms with Gasteiger partial charge >= 0.3 is 0 Å². The monoisotopic (exact) mass is 338 g/mol. The lowest BCUT2D eigenvalue weighted by Gasteiger charge is -2.45. The first-order valence-electron chi connectivity index (χ1n) is 8.34. The van der Waals surface area contributed by atoms with E-state index < -0.39 is 0 Å². The van der Waals surface area contributed by atoms with Crippen LogP contribution in [0.5, 0.6) is 0 Å². The number of amidine groups is 1. The van der Waals surface area contributed by atoms with Gasteiger partial charge in [0.05, 0.1) is 5.54 Å². The van der Waals surface area contributed by atoms with Crippen LogP contribution in [0.4, 0.5) is 0 Å². The summed E-state index contributed by atoms with van der Waals surface area (Å²) < 4.78 is 0. The zero-order valence-corrected chi connectivity index (χ0v) is 14.9. The summed E-state index contributed by atoms with van der Waals surface area (Å²) >= 11 is 1.67. The number of hydrogen-bond acceptors (Lipinski definition) is 5. The molecule has 2 aromatic rings. The highest BCUT2D eigenvalue weighted by molar-refractivity contribution is 8.13. The summed E-state index contributed by atoms with van der Waals surface area (Å²) in [6.07, 6.45) is 8.46. The Bertz CT molecular complexity index is 800. The average molecular weight is 338 g/mol. The molecule has 0 amide bonds. The summed E-state index contributed by atoms with van der Waals surface area (Å²) in [4.78, 5) is 13.3. The van der Waals surface area contributed by atoms with Crippen molar-refractivity contribution in [3.05, 3.63) is 48.0 Å². The van der Waals surface area contributed by atoms with Crippen LogP contribution in [-0.2, 0) is 12.0 Å². The number of nitrogens with zero attached hydrogens (tertiary/aromatic N) is 3. The predicted molar refractivity (Wildman–Crippen MR) is 99.9 cm³/mol. The molecule has 1 unspecified atom stereocenters. The molecule has 124 valence electrons. The summed E-state index contributed by atoms with van der Waals surface area (Å²) in [5.74, 6) is 1.03. The fourth-order valence-electron chi connectivity index (χ4n) is 4.20. The lowest BCUT2D eigenvalue weighted by Crippen LogP contribution is -2.41. The smallest absolute Gasteiger partial charge is 0.154 e. The molecule has 1 spiro atoms. The van der Waals surface area contributed by atoms with E-state index >= 15 is 0 Å². The molecule has 1 aliphatic heterocycles. The second kappa shape index (κ2) is 5.59. The Morgan fingerprint density at radius 2 is 1.92 bits per heavy atom. The van der Waals surface area contributed by atoms with Gasteiger partial charge in [-0.15, -0.1) is 0 Å². The van der Waals surface area contributed by atoms with Crippen LogP contribution in [0.3, 0.4) is 0 Å². The summed E-state index contributed by atoms with van der Waals surface area (Å²) in [5, 5.41) is 0.721. The van der Waals surface area contributed by atoms with Gasteiger partial charge in [0.1, 0.15) is 6.33 Å². The molecule has 2 aliphatic rings. The fourth-order valence-corrected chi connectivity index (χ4v) is 5.09. The van der Waals surface area contributed by atoms with Crippen LogP contribution in [0.15, 0.2) is 41.9 Å². The summed E-state index contributed by atoms with van der Waals surface area (Å²) in [6.45, 7) is 4.67. The Hall–Kier alpha value is -1.88. The van der Waals surface area contributed by atoms with Gasteiger partial charge in [0.15, 0.2) is 5.17 Å². The van der Waals surface area contributed by atoms with Crippen LogP contribution in [-0.4, -0.2) is 20.9 Å². The number of hydrogen-bond donors (Lipinski definition) is 1. The maximum absolute atomic E-state index is 6.13. The van der Waals surface area contributed by atoms with Crippen LogP contribution in [0.2, 0.25) is 0 Å². The largest absolute Gasteiger partial charge is 0.379 e. The van der Waals surface area contributed by atoms with Crippen LogP contribution in [0.25, 0.3) is 11.1 Å². The summed E-state index contributed by atoms with van der Waals surface area (Å²) in [6, 6.07) is 6.72. The second-order valence-corrected chi connectivity index (χ2v) is 8.71. The van der Waals surface area contributed by atoms with Crippen molar-refractivity contribution < 1.29 is 0 Å². The van der Waals surface area contributed by atoms with E-state index in [0.29, 0.717) is 0 Å². The SMILES string of the molecule is CC1(C)Cc2ccc(-c3cncnc3)cc2C2(CCSC(N)=N2)C1. The van der Waals surface area contributed by atoms with Crippen LogP contribution >= 0.6 is 11.8 Å². The first-order chi connectivity index (χ1) is 11.5.